The summed E-state index contributed by atoms with van der Waals surface area (Å²) >= 11 is 5.79. The van der Waals surface area contributed by atoms with E-state index in [1.54, 1.807) is 26.1 Å². The lowest BCUT2D eigenvalue weighted by molar-refractivity contribution is -0.143. The Morgan fingerprint density at radius 1 is 1.06 bits per heavy atom. The Labute approximate surface area is 317 Å². The molecule has 12 nitrogen and oxygen atoms in total. The standard InChI is InChI=1S/C37H42ClF2N7O5.ClH/c1-20(41-5)34(48)46-32(37(2,3)4)36(50)47-17-22(52-18-21-10-8-7-9-11-21)14-28(47)35(49)45-27-15-23-26(16-29(27)51-6)42-19-43-33(23)44-25-13-12-24(39)30(38)31(25)40;/h7-13,15-16,19-20,22,28,32,41H,14,17-18H2,1-6H3,(H,45,49)(H,46,48)(H,42,43,44);1H/t20-,22+,28-,32+;/m0./s1. The Bertz CT molecular complexity index is 1950. The largest absolute Gasteiger partial charge is 0.494 e. The number of nitrogens with zero attached hydrogens (tertiary/aromatic N) is 3. The second-order valence-electron chi connectivity index (χ2n) is 13.6. The number of likely N-dealkylation sites (N-methyl/N-ethyl adjacent to an activating group) is 1. The summed E-state index contributed by atoms with van der Waals surface area (Å²) in [5, 5.41) is 11.2. The Kier molecular flexibility index (Phi) is 13.6. The molecule has 0 bridgehead atoms. The molecule has 1 aliphatic heterocycles. The van der Waals surface area contributed by atoms with Gasteiger partial charge < -0.3 is 35.6 Å². The van der Waals surface area contributed by atoms with Gasteiger partial charge >= 0.3 is 0 Å². The molecule has 3 amide bonds. The van der Waals surface area contributed by atoms with Crippen molar-refractivity contribution in [1.29, 1.82) is 0 Å². The van der Waals surface area contributed by atoms with Crippen molar-refractivity contribution in [2.24, 2.45) is 5.41 Å². The highest BCUT2D eigenvalue weighted by molar-refractivity contribution is 6.31. The van der Waals surface area contributed by atoms with E-state index in [2.05, 4.69) is 31.2 Å². The van der Waals surface area contributed by atoms with Crippen LogP contribution in [0.3, 0.4) is 0 Å². The van der Waals surface area contributed by atoms with Gasteiger partial charge in [-0.1, -0.05) is 62.7 Å². The topological polar surface area (TPSA) is 147 Å². The molecule has 0 aliphatic carbocycles. The van der Waals surface area contributed by atoms with Gasteiger partial charge in [0.2, 0.25) is 17.7 Å². The van der Waals surface area contributed by atoms with Crippen LogP contribution < -0.4 is 26.0 Å². The molecule has 284 valence electrons. The second-order valence-corrected chi connectivity index (χ2v) is 14.0. The first-order valence-electron chi connectivity index (χ1n) is 16.7. The number of hydrogen-bond donors (Lipinski definition) is 4. The monoisotopic (exact) mass is 773 g/mol. The third kappa shape index (κ3) is 9.49. The minimum atomic E-state index is -1.00. The fraction of sp³-hybridized carbons (Fsp3) is 0.378. The van der Waals surface area contributed by atoms with E-state index in [0.29, 0.717) is 10.9 Å². The minimum Gasteiger partial charge on any atom is -0.494 e. The maximum absolute atomic E-state index is 14.8. The summed E-state index contributed by atoms with van der Waals surface area (Å²) in [6.07, 6.45) is 0.941. The Morgan fingerprint density at radius 3 is 2.43 bits per heavy atom. The number of aromatic nitrogens is 2. The molecule has 1 aliphatic rings. The van der Waals surface area contributed by atoms with Crippen molar-refractivity contribution >= 4 is 69.8 Å². The van der Waals surface area contributed by atoms with E-state index in [9.17, 15) is 23.2 Å². The van der Waals surface area contributed by atoms with Crippen LogP contribution in [0.5, 0.6) is 5.75 Å². The molecule has 3 aromatic carbocycles. The highest BCUT2D eigenvalue weighted by Crippen LogP contribution is 2.36. The van der Waals surface area contributed by atoms with E-state index in [1.165, 1.54) is 24.4 Å². The van der Waals surface area contributed by atoms with E-state index in [0.717, 1.165) is 11.6 Å². The van der Waals surface area contributed by atoms with E-state index >= 15 is 0 Å². The molecule has 1 fully saturated rings. The third-order valence-electron chi connectivity index (χ3n) is 8.91. The average Bonchev–Trinajstić information content (AvgIpc) is 3.57. The zero-order valence-electron chi connectivity index (χ0n) is 30.1. The number of amides is 3. The van der Waals surface area contributed by atoms with Gasteiger partial charge in [-0.2, -0.15) is 0 Å². The number of hydrogen-bond acceptors (Lipinski definition) is 9. The molecule has 0 saturated carbocycles. The molecule has 16 heteroatoms. The SMILES string of the molecule is CN[C@@H](C)C(=O)N[C@H](C(=O)N1C[C@H](OCc2ccccc2)C[C@H]1C(=O)Nc1cc2c(Nc3ccc(F)c(Cl)c3F)ncnc2cc1OC)C(C)(C)C.Cl. The zero-order chi connectivity index (χ0) is 37.7. The predicted molar refractivity (Wildman–Crippen MR) is 202 cm³/mol. The molecule has 4 atom stereocenters. The van der Waals surface area contributed by atoms with Crippen LogP contribution in [0.15, 0.2) is 60.9 Å². The number of nitrogens with one attached hydrogen (secondary N) is 4. The number of methoxy groups -OCH3 is 1. The summed E-state index contributed by atoms with van der Waals surface area (Å²) in [6, 6.07) is 12.4. The molecule has 53 heavy (non-hydrogen) atoms. The summed E-state index contributed by atoms with van der Waals surface area (Å²) in [5.74, 6) is -2.82. The summed E-state index contributed by atoms with van der Waals surface area (Å²) in [6.45, 7) is 7.59. The van der Waals surface area contributed by atoms with Gasteiger partial charge in [-0.15, -0.1) is 12.4 Å². The number of carbonyl (C=O) groups excluding carboxylic acids is 3. The van der Waals surface area contributed by atoms with Gasteiger partial charge in [-0.25, -0.2) is 18.7 Å². The summed E-state index contributed by atoms with van der Waals surface area (Å²) in [5.41, 5.74) is 0.722. The quantitative estimate of drug-likeness (QED) is 0.127. The Hall–Kier alpha value is -4.63. The minimum absolute atomic E-state index is 0. The van der Waals surface area contributed by atoms with E-state index in [-0.39, 0.29) is 60.8 Å². The van der Waals surface area contributed by atoms with Crippen molar-refractivity contribution in [3.8, 4) is 5.75 Å². The maximum atomic E-state index is 14.8. The smallest absolute Gasteiger partial charge is 0.247 e. The van der Waals surface area contributed by atoms with E-state index in [1.807, 2.05) is 51.1 Å². The number of fused-ring (bicyclic) bond motifs is 1. The van der Waals surface area contributed by atoms with E-state index < -0.39 is 58.1 Å². The first-order valence-corrected chi connectivity index (χ1v) is 17.1. The van der Waals surface area contributed by atoms with Crippen LogP contribution in [0.1, 0.15) is 39.7 Å². The van der Waals surface area contributed by atoms with Crippen LogP contribution in [0.25, 0.3) is 10.9 Å². The predicted octanol–water partition coefficient (Wildman–Crippen LogP) is 6.00. The molecule has 2 heterocycles. The number of likely N-dealkylation sites (tertiary alicyclic amines) is 1. The highest BCUT2D eigenvalue weighted by Gasteiger charge is 2.45. The van der Waals surface area contributed by atoms with Gasteiger partial charge in [0.25, 0.3) is 0 Å². The number of halogens is 4. The highest BCUT2D eigenvalue weighted by atomic mass is 35.5. The van der Waals surface area contributed by atoms with Crippen LogP contribution in [0.2, 0.25) is 5.02 Å². The fourth-order valence-electron chi connectivity index (χ4n) is 5.83. The first kappa shape index (κ1) is 41.1. The lowest BCUT2D eigenvalue weighted by atomic mass is 9.85. The molecular formula is C37H43Cl2F2N7O5. The van der Waals surface area contributed by atoms with Crippen LogP contribution in [0, 0.1) is 17.0 Å². The molecule has 0 spiro atoms. The summed E-state index contributed by atoms with van der Waals surface area (Å²) in [4.78, 5) is 51.5. The van der Waals surface area contributed by atoms with Crippen molar-refractivity contribution in [2.75, 3.05) is 31.3 Å². The van der Waals surface area contributed by atoms with Gasteiger partial charge in [0.05, 0.1) is 42.8 Å². The third-order valence-corrected chi connectivity index (χ3v) is 9.25. The van der Waals surface area contributed by atoms with Crippen molar-refractivity contribution in [3.63, 3.8) is 0 Å². The lowest BCUT2D eigenvalue weighted by Gasteiger charge is -2.36. The normalized spacial score (nSPS) is 16.7. The number of carbonyl (C=O) groups is 3. The first-order chi connectivity index (χ1) is 24.7. The maximum Gasteiger partial charge on any atom is 0.247 e. The summed E-state index contributed by atoms with van der Waals surface area (Å²) < 4.78 is 40.5. The number of anilines is 3. The molecule has 1 aromatic heterocycles. The molecule has 4 N–H and O–H groups in total. The van der Waals surface area contributed by atoms with Gasteiger partial charge in [0, 0.05) is 24.4 Å². The average molecular weight is 775 g/mol. The van der Waals surface area contributed by atoms with Crippen molar-refractivity contribution < 1.29 is 32.6 Å². The van der Waals surface area contributed by atoms with Gasteiger partial charge in [-0.05, 0) is 43.1 Å². The fourth-order valence-corrected chi connectivity index (χ4v) is 5.99. The Morgan fingerprint density at radius 2 is 1.77 bits per heavy atom. The molecule has 0 unspecified atom stereocenters. The van der Waals surface area contributed by atoms with Crippen LogP contribution in [-0.2, 0) is 25.7 Å². The van der Waals surface area contributed by atoms with Crippen LogP contribution >= 0.6 is 24.0 Å². The van der Waals surface area contributed by atoms with Crippen molar-refractivity contribution in [1.82, 2.24) is 25.5 Å². The second kappa shape index (κ2) is 17.5. The Balaban J connectivity index is 0.00000627. The zero-order valence-corrected chi connectivity index (χ0v) is 31.7. The lowest BCUT2D eigenvalue weighted by Crippen LogP contribution is -2.59. The number of ether oxygens (including phenoxy) is 2. The van der Waals surface area contributed by atoms with Gasteiger partial charge in [-0.3, -0.25) is 14.4 Å². The molecule has 4 aromatic rings. The van der Waals surface area contributed by atoms with Crippen molar-refractivity contribution in [2.45, 2.75) is 65.0 Å². The molecular weight excluding hydrogens is 731 g/mol. The van der Waals surface area contributed by atoms with Gasteiger partial charge in [0.15, 0.2) is 5.82 Å². The molecule has 5 rings (SSSR count). The van der Waals surface area contributed by atoms with Gasteiger partial charge in [0.1, 0.15) is 40.8 Å². The number of benzene rings is 3. The molecule has 1 saturated heterocycles. The van der Waals surface area contributed by atoms with Crippen molar-refractivity contribution in [3.05, 3.63) is 83.1 Å². The van der Waals surface area contributed by atoms with E-state index in [4.69, 9.17) is 21.1 Å². The van der Waals surface area contributed by atoms with Crippen LogP contribution in [-0.4, -0.2) is 77.5 Å². The molecule has 0 radical (unpaired) electrons. The number of rotatable bonds is 12. The summed E-state index contributed by atoms with van der Waals surface area (Å²) in [7, 11) is 3.07. The van der Waals surface area contributed by atoms with Crippen LogP contribution in [0.4, 0.5) is 26.0 Å².